The lowest BCUT2D eigenvalue weighted by Gasteiger charge is -2.09. The first-order chi connectivity index (χ1) is 19.7. The summed E-state index contributed by atoms with van der Waals surface area (Å²) >= 11 is 2.48. The number of carbonyl (C=O) groups excluding carboxylic acids is 4. The van der Waals surface area contributed by atoms with Gasteiger partial charge in [0.15, 0.2) is 0 Å². The minimum absolute atomic E-state index is 0.0642. The van der Waals surface area contributed by atoms with Crippen molar-refractivity contribution in [1.29, 1.82) is 0 Å². The first-order valence-electron chi connectivity index (χ1n) is 12.8. The first-order valence-corrected chi connectivity index (χ1v) is 14.6. The highest BCUT2D eigenvalue weighted by Gasteiger charge is 2.24. The number of nitrogens with one attached hydrogen (secondary N) is 2. The molecule has 2 aromatic carbocycles. The van der Waals surface area contributed by atoms with Crippen LogP contribution in [0, 0.1) is 13.8 Å². The summed E-state index contributed by atoms with van der Waals surface area (Å²) in [5.41, 5.74) is 5.82. The van der Waals surface area contributed by atoms with Gasteiger partial charge in [0.05, 0.1) is 14.2 Å². The van der Waals surface area contributed by atoms with Crippen LogP contribution >= 0.6 is 22.7 Å². The molecule has 0 unspecified atom stereocenters. The predicted octanol–water partition coefficient (Wildman–Crippen LogP) is 7.08. The Hall–Kier alpha value is -4.28. The smallest absolute Gasteiger partial charge is 0.341 e. The van der Waals surface area contributed by atoms with Crippen molar-refractivity contribution in [3.8, 4) is 22.3 Å². The van der Waals surface area contributed by atoms with Crippen LogP contribution in [0.2, 0.25) is 0 Å². The average Bonchev–Trinajstić information content (AvgIpc) is 3.57. The minimum atomic E-state index is -0.543. The van der Waals surface area contributed by atoms with Crippen molar-refractivity contribution >= 4 is 56.4 Å². The van der Waals surface area contributed by atoms with Crippen molar-refractivity contribution < 1.29 is 28.7 Å². The number of aryl methyl sites for hydroxylation is 2. The van der Waals surface area contributed by atoms with Crippen LogP contribution in [0.1, 0.15) is 51.1 Å². The third-order valence-electron chi connectivity index (χ3n) is 6.40. The van der Waals surface area contributed by atoms with Gasteiger partial charge in [0.2, 0.25) is 11.8 Å². The SMILES string of the molecule is COC(=O)c1c(-c2ccc(C)cc2)csc1NC(=O)CCCC(=O)Nc1scc(-c2ccc(C)cc2)c1C(=O)OC. The maximum atomic E-state index is 12.7. The van der Waals surface area contributed by atoms with E-state index in [0.29, 0.717) is 32.3 Å². The molecule has 0 radical (unpaired) electrons. The first kappa shape index (κ1) is 29.7. The van der Waals surface area contributed by atoms with Gasteiger partial charge in [-0.2, -0.15) is 0 Å². The number of rotatable bonds is 10. The molecule has 2 aromatic heterocycles. The van der Waals surface area contributed by atoms with Crippen molar-refractivity contribution in [2.75, 3.05) is 24.9 Å². The number of benzene rings is 2. The zero-order valence-electron chi connectivity index (χ0n) is 23.2. The Morgan fingerprint density at radius 1 is 0.634 bits per heavy atom. The molecule has 4 aromatic rings. The van der Waals surface area contributed by atoms with E-state index in [1.165, 1.54) is 36.9 Å². The van der Waals surface area contributed by atoms with Crippen molar-refractivity contribution in [2.45, 2.75) is 33.1 Å². The van der Waals surface area contributed by atoms with Crippen molar-refractivity contribution in [1.82, 2.24) is 0 Å². The zero-order valence-corrected chi connectivity index (χ0v) is 24.8. The Labute approximate surface area is 246 Å². The molecule has 0 spiro atoms. The monoisotopic (exact) mass is 590 g/mol. The Kier molecular flexibility index (Phi) is 9.69. The molecule has 0 bridgehead atoms. The lowest BCUT2D eigenvalue weighted by atomic mass is 10.0. The largest absolute Gasteiger partial charge is 0.465 e. The summed E-state index contributed by atoms with van der Waals surface area (Å²) in [6.45, 7) is 3.96. The van der Waals surface area contributed by atoms with Gasteiger partial charge in [0, 0.05) is 34.7 Å². The number of thiophene rings is 2. The van der Waals surface area contributed by atoms with Crippen LogP contribution in [0.5, 0.6) is 0 Å². The Morgan fingerprint density at radius 2 is 1.00 bits per heavy atom. The number of methoxy groups -OCH3 is 2. The molecule has 0 aliphatic rings. The second kappa shape index (κ2) is 13.4. The second-order valence-corrected chi connectivity index (χ2v) is 11.1. The van der Waals surface area contributed by atoms with Gasteiger partial charge < -0.3 is 20.1 Å². The normalized spacial score (nSPS) is 10.6. The van der Waals surface area contributed by atoms with E-state index in [0.717, 1.165) is 22.3 Å². The standard InChI is InChI=1S/C31H30N2O6S2/c1-18-8-12-20(13-9-18)22-16-40-28(26(22)30(36)38-3)32-24(34)6-5-7-25(35)33-29-27(31(37)39-4)23(17-41-29)21-14-10-19(2)11-15-21/h8-17H,5-7H2,1-4H3,(H,32,34)(H,33,35). The van der Waals surface area contributed by atoms with E-state index in [-0.39, 0.29) is 31.1 Å². The third-order valence-corrected chi connectivity index (χ3v) is 8.19. The molecule has 0 atom stereocenters. The average molecular weight is 591 g/mol. The molecule has 2 amide bonds. The van der Waals surface area contributed by atoms with E-state index in [4.69, 9.17) is 9.47 Å². The maximum Gasteiger partial charge on any atom is 0.341 e. The van der Waals surface area contributed by atoms with Gasteiger partial charge >= 0.3 is 11.9 Å². The highest BCUT2D eigenvalue weighted by Crippen LogP contribution is 2.37. The summed E-state index contributed by atoms with van der Waals surface area (Å²) in [7, 11) is 2.60. The molecule has 2 heterocycles. The molecular weight excluding hydrogens is 560 g/mol. The Morgan fingerprint density at radius 3 is 1.34 bits per heavy atom. The highest BCUT2D eigenvalue weighted by atomic mass is 32.1. The number of anilines is 2. The van der Waals surface area contributed by atoms with Crippen LogP contribution in [-0.2, 0) is 19.1 Å². The summed E-state index contributed by atoms with van der Waals surface area (Å²) in [5, 5.41) is 10.0. The summed E-state index contributed by atoms with van der Waals surface area (Å²) in [6.07, 6.45) is 0.397. The summed E-state index contributed by atoms with van der Waals surface area (Å²) in [5.74, 6) is -1.74. The minimum Gasteiger partial charge on any atom is -0.465 e. The van der Waals surface area contributed by atoms with E-state index in [9.17, 15) is 19.2 Å². The topological polar surface area (TPSA) is 111 Å². The Bertz CT molecular complexity index is 1450. The molecule has 2 N–H and O–H groups in total. The number of esters is 2. The fraction of sp³-hybridized carbons (Fsp3) is 0.226. The van der Waals surface area contributed by atoms with Crippen LogP contribution in [0.4, 0.5) is 10.0 Å². The fourth-order valence-electron chi connectivity index (χ4n) is 4.19. The van der Waals surface area contributed by atoms with Gasteiger partial charge in [0.25, 0.3) is 0 Å². The molecule has 10 heteroatoms. The summed E-state index contributed by atoms with van der Waals surface area (Å²) < 4.78 is 9.95. The van der Waals surface area contributed by atoms with Crippen molar-refractivity contribution in [3.05, 3.63) is 81.5 Å². The van der Waals surface area contributed by atoms with E-state index in [2.05, 4.69) is 10.6 Å². The van der Waals surface area contributed by atoms with Crippen LogP contribution in [0.3, 0.4) is 0 Å². The van der Waals surface area contributed by atoms with Crippen LogP contribution < -0.4 is 10.6 Å². The number of hydrogen-bond donors (Lipinski definition) is 2. The van der Waals surface area contributed by atoms with Crippen LogP contribution in [0.25, 0.3) is 22.3 Å². The lowest BCUT2D eigenvalue weighted by Crippen LogP contribution is -2.16. The van der Waals surface area contributed by atoms with Crippen LogP contribution in [0.15, 0.2) is 59.3 Å². The Balaban J connectivity index is 1.38. The second-order valence-electron chi connectivity index (χ2n) is 9.37. The third kappa shape index (κ3) is 7.08. The number of amides is 2. The molecule has 0 saturated heterocycles. The molecule has 0 fully saturated rings. The van der Waals surface area contributed by atoms with Crippen molar-refractivity contribution in [2.24, 2.45) is 0 Å². The molecule has 0 aliphatic heterocycles. The van der Waals surface area contributed by atoms with Gasteiger partial charge in [0.1, 0.15) is 21.1 Å². The number of carbonyl (C=O) groups is 4. The number of ether oxygens (including phenoxy) is 2. The highest BCUT2D eigenvalue weighted by molar-refractivity contribution is 7.15. The van der Waals surface area contributed by atoms with E-state index >= 15 is 0 Å². The molecular formula is C31H30N2O6S2. The summed E-state index contributed by atoms with van der Waals surface area (Å²) in [4.78, 5) is 50.6. The molecule has 212 valence electrons. The quantitative estimate of drug-likeness (QED) is 0.191. The molecule has 41 heavy (non-hydrogen) atoms. The van der Waals surface area contributed by atoms with Gasteiger partial charge in [-0.1, -0.05) is 59.7 Å². The van der Waals surface area contributed by atoms with Gasteiger partial charge in [-0.25, -0.2) is 9.59 Å². The molecule has 0 aliphatic carbocycles. The predicted molar refractivity (Wildman–Crippen MR) is 163 cm³/mol. The lowest BCUT2D eigenvalue weighted by molar-refractivity contribution is -0.117. The van der Waals surface area contributed by atoms with Crippen LogP contribution in [-0.4, -0.2) is 38.0 Å². The van der Waals surface area contributed by atoms with Gasteiger partial charge in [-0.3, -0.25) is 9.59 Å². The maximum absolute atomic E-state index is 12.7. The molecule has 0 saturated carbocycles. The van der Waals surface area contributed by atoms with E-state index < -0.39 is 11.9 Å². The molecule has 8 nitrogen and oxygen atoms in total. The van der Waals surface area contributed by atoms with E-state index in [1.807, 2.05) is 73.1 Å². The molecule has 4 rings (SSSR count). The van der Waals surface area contributed by atoms with Gasteiger partial charge in [-0.05, 0) is 31.4 Å². The van der Waals surface area contributed by atoms with E-state index in [1.54, 1.807) is 0 Å². The van der Waals surface area contributed by atoms with Crippen molar-refractivity contribution in [3.63, 3.8) is 0 Å². The van der Waals surface area contributed by atoms with Gasteiger partial charge in [-0.15, -0.1) is 22.7 Å². The zero-order chi connectivity index (χ0) is 29.5. The summed E-state index contributed by atoms with van der Waals surface area (Å²) in [6, 6.07) is 15.5. The number of hydrogen-bond acceptors (Lipinski definition) is 8. The fourth-order valence-corrected chi connectivity index (χ4v) is 6.14.